The molecule has 2 N–H and O–H groups in total. The molecule has 0 atom stereocenters. The van der Waals surface area contributed by atoms with Gasteiger partial charge in [0.1, 0.15) is 0 Å². The quantitative estimate of drug-likeness (QED) is 0.144. The number of nitrogens with one attached hydrogen (secondary N) is 2. The van der Waals surface area contributed by atoms with Gasteiger partial charge in [0.25, 0.3) is 11.6 Å². The molecule has 2 aromatic carbocycles. The average Bonchev–Trinajstić information content (AvgIpc) is 3.49. The lowest BCUT2D eigenvalue weighted by molar-refractivity contribution is 0.0543. The first-order chi connectivity index (χ1) is 27.8. The molecule has 2 fully saturated rings. The molecule has 6 aromatic heterocycles. The Labute approximate surface area is 329 Å². The van der Waals surface area contributed by atoms with Gasteiger partial charge in [-0.3, -0.25) is 0 Å². The molecule has 0 radical (unpaired) electrons. The smallest absolute Gasteiger partial charge is 0.254 e. The third-order valence-corrected chi connectivity index (χ3v) is 11.1. The molecule has 0 bridgehead atoms. The molecule has 57 heavy (non-hydrogen) atoms. The number of nitrogens with zero attached hydrogens (tertiary/aromatic N) is 12. The molecule has 1 aliphatic heterocycles. The Hall–Kier alpha value is -6.48. The summed E-state index contributed by atoms with van der Waals surface area (Å²) in [5.41, 5.74) is 10.2. The Kier molecular flexibility index (Phi) is 8.73. The van der Waals surface area contributed by atoms with E-state index in [0.29, 0.717) is 62.1 Å². The van der Waals surface area contributed by atoms with E-state index >= 15 is 0 Å². The number of fused-ring (bicyclic) bond motifs is 2. The number of aryl methyl sites for hydroxylation is 2. The monoisotopic (exact) mass is 760 g/mol. The van der Waals surface area contributed by atoms with Crippen LogP contribution in [-0.2, 0) is 29.7 Å². The van der Waals surface area contributed by atoms with Crippen LogP contribution in [0.1, 0.15) is 83.7 Å². The molecule has 8 aromatic rings. The second-order valence-electron chi connectivity index (χ2n) is 15.6. The zero-order valence-corrected chi connectivity index (χ0v) is 32.3. The van der Waals surface area contributed by atoms with Crippen LogP contribution in [0.4, 0.5) is 11.9 Å². The number of hydrogen-bond donors (Lipinski definition) is 2. The minimum Gasteiger partial charge on any atom is -0.381 e. The number of hydrogen-bond acceptors (Lipinski definition) is 11. The van der Waals surface area contributed by atoms with Crippen molar-refractivity contribution in [3.05, 3.63) is 130 Å². The van der Waals surface area contributed by atoms with Crippen LogP contribution in [0.25, 0.3) is 22.9 Å². The number of ether oxygens (including phenoxy) is 1. The van der Waals surface area contributed by atoms with Crippen molar-refractivity contribution in [3.8, 4) is 11.4 Å². The summed E-state index contributed by atoms with van der Waals surface area (Å²) in [5.74, 6) is 2.84. The standard InChI is InChI=1S/C42H44N14O/c1-27-18-36(31-12-13-31)55-40(46-27)48-39(51-55)44-24-32-26-54(50-28(32)2)35-11-7-8-29(20-35)19-33-21-37(42(3)14-16-57-17-15-42)56-41(47-33)49-38(52-56)43-22-30-23-45-53(25-30)34-9-5-4-6-10-34/h4-11,18,20-21,23,25-26,31H,12-17,19,22,24H2,1-3H3,(H,43,52)(H,44,51). The Balaban J connectivity index is 0.877. The number of aromatic nitrogens is 12. The first kappa shape index (κ1) is 35.0. The summed E-state index contributed by atoms with van der Waals surface area (Å²) >= 11 is 0. The maximum absolute atomic E-state index is 5.78. The third kappa shape index (κ3) is 7.10. The normalized spacial score (nSPS) is 15.4. The van der Waals surface area contributed by atoms with Crippen molar-refractivity contribution in [1.29, 1.82) is 0 Å². The largest absolute Gasteiger partial charge is 0.381 e. The van der Waals surface area contributed by atoms with Crippen molar-refractivity contribution in [2.75, 3.05) is 23.8 Å². The molecule has 1 saturated heterocycles. The second kappa shape index (κ2) is 14.2. The molecule has 0 amide bonds. The average molecular weight is 761 g/mol. The first-order valence-electron chi connectivity index (χ1n) is 19.6. The highest BCUT2D eigenvalue weighted by molar-refractivity contribution is 5.45. The number of para-hydroxylation sites is 1. The van der Waals surface area contributed by atoms with Gasteiger partial charge in [-0.1, -0.05) is 37.3 Å². The SMILES string of the molecule is Cc1cc(C2CC2)n2nc(NCc3cn(-c4cccc(Cc5cc(C6(C)CCOCC6)n6nc(NCc7cnn(-c8ccccc8)c7)nc6n5)c4)nc3C)nc2n1. The van der Waals surface area contributed by atoms with E-state index < -0.39 is 0 Å². The van der Waals surface area contributed by atoms with Gasteiger partial charge in [-0.05, 0) is 81.5 Å². The molecular formula is C42H44N14O. The summed E-state index contributed by atoms with van der Waals surface area (Å²) in [4.78, 5) is 19.2. The summed E-state index contributed by atoms with van der Waals surface area (Å²) in [6, 6.07) is 22.9. The Morgan fingerprint density at radius 3 is 2.30 bits per heavy atom. The number of rotatable bonds is 12. The van der Waals surface area contributed by atoms with Crippen LogP contribution >= 0.6 is 0 Å². The first-order valence-corrected chi connectivity index (χ1v) is 19.6. The van der Waals surface area contributed by atoms with Gasteiger partial charge < -0.3 is 15.4 Å². The molecule has 15 heteroatoms. The summed E-state index contributed by atoms with van der Waals surface area (Å²) in [7, 11) is 0. The van der Waals surface area contributed by atoms with Crippen LogP contribution in [-0.4, -0.2) is 71.9 Å². The van der Waals surface area contributed by atoms with E-state index in [9.17, 15) is 0 Å². The zero-order chi connectivity index (χ0) is 38.5. The maximum atomic E-state index is 5.78. The van der Waals surface area contributed by atoms with Crippen LogP contribution < -0.4 is 10.6 Å². The molecule has 2 aliphatic rings. The molecule has 0 spiro atoms. The fourth-order valence-electron chi connectivity index (χ4n) is 7.70. The molecule has 10 rings (SSSR count). The highest BCUT2D eigenvalue weighted by atomic mass is 16.5. The van der Waals surface area contributed by atoms with Gasteiger partial charge in [0, 0.05) is 73.3 Å². The van der Waals surface area contributed by atoms with E-state index in [-0.39, 0.29) is 5.41 Å². The summed E-state index contributed by atoms with van der Waals surface area (Å²) in [6.07, 6.45) is 10.7. The fourth-order valence-corrected chi connectivity index (χ4v) is 7.70. The van der Waals surface area contributed by atoms with Gasteiger partial charge >= 0.3 is 0 Å². The summed E-state index contributed by atoms with van der Waals surface area (Å²) in [6.45, 7) is 8.82. The Bertz CT molecular complexity index is 2720. The number of anilines is 2. The third-order valence-electron chi connectivity index (χ3n) is 11.1. The lowest BCUT2D eigenvalue weighted by Gasteiger charge is -2.34. The maximum Gasteiger partial charge on any atom is 0.254 e. The van der Waals surface area contributed by atoms with Gasteiger partial charge in [-0.25, -0.2) is 19.3 Å². The predicted molar refractivity (Wildman–Crippen MR) is 215 cm³/mol. The lowest BCUT2D eigenvalue weighted by atomic mass is 9.79. The zero-order valence-electron chi connectivity index (χ0n) is 32.3. The Morgan fingerprint density at radius 1 is 0.737 bits per heavy atom. The Morgan fingerprint density at radius 2 is 1.49 bits per heavy atom. The van der Waals surface area contributed by atoms with Crippen molar-refractivity contribution in [1.82, 2.24) is 58.7 Å². The molecule has 15 nitrogen and oxygen atoms in total. The minimum atomic E-state index is -0.136. The van der Waals surface area contributed by atoms with Crippen molar-refractivity contribution in [2.45, 2.75) is 77.3 Å². The minimum absolute atomic E-state index is 0.136. The highest BCUT2D eigenvalue weighted by Gasteiger charge is 2.33. The van der Waals surface area contributed by atoms with Crippen LogP contribution in [0.5, 0.6) is 0 Å². The lowest BCUT2D eigenvalue weighted by Crippen LogP contribution is -2.33. The second-order valence-corrected chi connectivity index (χ2v) is 15.6. The topological polar surface area (TPSA) is 155 Å². The van der Waals surface area contributed by atoms with Gasteiger partial charge in [-0.15, -0.1) is 10.2 Å². The van der Waals surface area contributed by atoms with Crippen molar-refractivity contribution in [2.24, 2.45) is 0 Å². The van der Waals surface area contributed by atoms with Gasteiger partial charge in [-0.2, -0.15) is 29.2 Å². The highest BCUT2D eigenvalue weighted by Crippen LogP contribution is 2.40. The molecule has 0 unspecified atom stereocenters. The molecule has 1 saturated carbocycles. The van der Waals surface area contributed by atoms with Gasteiger partial charge in [0.15, 0.2) is 0 Å². The molecule has 7 heterocycles. The van der Waals surface area contributed by atoms with E-state index in [1.807, 2.05) is 75.0 Å². The van der Waals surface area contributed by atoms with E-state index in [0.717, 1.165) is 63.7 Å². The molecular weight excluding hydrogens is 717 g/mol. The van der Waals surface area contributed by atoms with Crippen LogP contribution in [0, 0.1) is 13.8 Å². The summed E-state index contributed by atoms with van der Waals surface area (Å²) in [5, 5.41) is 25.9. The van der Waals surface area contributed by atoms with Gasteiger partial charge in [0.05, 0.1) is 40.3 Å². The molecule has 288 valence electrons. The van der Waals surface area contributed by atoms with E-state index in [2.05, 4.69) is 75.2 Å². The predicted octanol–water partition coefficient (Wildman–Crippen LogP) is 6.31. The fraction of sp³-hybridized carbons (Fsp3) is 0.333. The van der Waals surface area contributed by atoms with Gasteiger partial charge in [0.2, 0.25) is 11.9 Å². The van der Waals surface area contributed by atoms with Crippen molar-refractivity contribution < 1.29 is 4.74 Å². The molecule has 1 aliphatic carbocycles. The van der Waals surface area contributed by atoms with Crippen LogP contribution in [0.3, 0.4) is 0 Å². The van der Waals surface area contributed by atoms with Crippen LogP contribution in [0.2, 0.25) is 0 Å². The van der Waals surface area contributed by atoms with Crippen molar-refractivity contribution in [3.63, 3.8) is 0 Å². The number of benzene rings is 2. The van der Waals surface area contributed by atoms with E-state index in [4.69, 9.17) is 30.0 Å². The van der Waals surface area contributed by atoms with Crippen molar-refractivity contribution >= 4 is 23.5 Å². The van der Waals surface area contributed by atoms with Crippen LogP contribution in [0.15, 0.2) is 85.3 Å². The van der Waals surface area contributed by atoms with E-state index in [1.54, 1.807) is 0 Å². The van der Waals surface area contributed by atoms with E-state index in [1.165, 1.54) is 18.5 Å². The summed E-state index contributed by atoms with van der Waals surface area (Å²) < 4.78 is 13.4.